The fourth-order valence-electron chi connectivity index (χ4n) is 2.44. The van der Waals surface area contributed by atoms with E-state index in [0.29, 0.717) is 23.4 Å². The van der Waals surface area contributed by atoms with Gasteiger partial charge < -0.3 is 10.1 Å². The Morgan fingerprint density at radius 2 is 1.81 bits per heavy atom. The molecule has 0 bridgehead atoms. The van der Waals surface area contributed by atoms with E-state index in [1.807, 2.05) is 30.3 Å². The molecule has 2 heterocycles. The van der Waals surface area contributed by atoms with Crippen molar-refractivity contribution in [3.63, 3.8) is 0 Å². The lowest BCUT2D eigenvalue weighted by molar-refractivity contribution is -0.130. The van der Waals surface area contributed by atoms with Gasteiger partial charge >= 0.3 is 5.97 Å². The van der Waals surface area contributed by atoms with Crippen LogP contribution in [0.4, 0.5) is 0 Å². The minimum Gasteiger partial charge on any atom is -0.443 e. The Morgan fingerprint density at radius 3 is 2.50 bits per heavy atom. The second-order valence-corrected chi connectivity index (χ2v) is 6.52. The lowest BCUT2D eigenvalue weighted by Gasteiger charge is -2.17. The number of thiophene rings is 1. The average Bonchev–Trinajstić information content (AvgIpc) is 3.22. The van der Waals surface area contributed by atoms with Crippen molar-refractivity contribution in [1.29, 1.82) is 0 Å². The second kappa shape index (κ2) is 8.92. The van der Waals surface area contributed by atoms with Crippen LogP contribution < -0.4 is 5.32 Å². The number of pyridine rings is 1. The van der Waals surface area contributed by atoms with E-state index in [1.165, 1.54) is 11.3 Å². The molecule has 26 heavy (non-hydrogen) atoms. The maximum absolute atomic E-state index is 12.6. The highest BCUT2D eigenvalue weighted by molar-refractivity contribution is 7.11. The zero-order valence-electron chi connectivity index (χ0n) is 14.0. The Kier molecular flexibility index (Phi) is 6.11. The highest BCUT2D eigenvalue weighted by Gasteiger charge is 2.25. The van der Waals surface area contributed by atoms with Crippen molar-refractivity contribution in [3.8, 4) is 0 Å². The number of carbonyl (C=O) groups is 2. The summed E-state index contributed by atoms with van der Waals surface area (Å²) in [4.78, 5) is 29.3. The zero-order chi connectivity index (χ0) is 18.2. The molecule has 1 aromatic carbocycles. The lowest BCUT2D eigenvalue weighted by Crippen LogP contribution is -2.33. The molecule has 1 atom stereocenters. The number of amides is 1. The Morgan fingerprint density at radius 1 is 1.04 bits per heavy atom. The number of ether oxygens (including phenoxy) is 1. The van der Waals surface area contributed by atoms with Crippen molar-refractivity contribution in [1.82, 2.24) is 10.3 Å². The summed E-state index contributed by atoms with van der Waals surface area (Å²) in [6, 6.07) is 16.6. The summed E-state index contributed by atoms with van der Waals surface area (Å²) < 4.78 is 5.48. The largest absolute Gasteiger partial charge is 0.443 e. The maximum atomic E-state index is 12.6. The smallest absolute Gasteiger partial charge is 0.349 e. The number of benzene rings is 1. The summed E-state index contributed by atoms with van der Waals surface area (Å²) in [5.41, 5.74) is 1.71. The SMILES string of the molecule is O=C(OC(C(=O)NCCc1ccccc1)c1ccncc1)c1cccs1. The Balaban J connectivity index is 1.66. The fraction of sp³-hybridized carbons (Fsp3) is 0.150. The summed E-state index contributed by atoms with van der Waals surface area (Å²) in [7, 11) is 0. The molecule has 3 rings (SSSR count). The van der Waals surface area contributed by atoms with Crippen LogP contribution in [0.15, 0.2) is 72.4 Å². The van der Waals surface area contributed by atoms with Crippen LogP contribution in [0.25, 0.3) is 0 Å². The van der Waals surface area contributed by atoms with Crippen molar-refractivity contribution < 1.29 is 14.3 Å². The Labute approximate surface area is 155 Å². The van der Waals surface area contributed by atoms with Gasteiger partial charge in [0, 0.05) is 24.5 Å². The van der Waals surface area contributed by atoms with Crippen molar-refractivity contribution in [2.75, 3.05) is 6.54 Å². The van der Waals surface area contributed by atoms with Crippen LogP contribution >= 0.6 is 11.3 Å². The predicted molar refractivity (Wildman–Crippen MR) is 99.9 cm³/mol. The summed E-state index contributed by atoms with van der Waals surface area (Å²) >= 11 is 1.28. The van der Waals surface area contributed by atoms with Gasteiger partial charge in [0.25, 0.3) is 5.91 Å². The van der Waals surface area contributed by atoms with Gasteiger partial charge in [-0.2, -0.15) is 0 Å². The van der Waals surface area contributed by atoms with Crippen LogP contribution in [0.2, 0.25) is 0 Å². The van der Waals surface area contributed by atoms with Crippen molar-refractivity contribution in [2.24, 2.45) is 0 Å². The molecular formula is C20H18N2O3S. The van der Waals surface area contributed by atoms with E-state index in [-0.39, 0.29) is 5.91 Å². The third kappa shape index (κ3) is 4.77. The van der Waals surface area contributed by atoms with Gasteiger partial charge in [0.1, 0.15) is 4.88 Å². The molecule has 0 aliphatic rings. The Hall–Kier alpha value is -2.99. The quantitative estimate of drug-likeness (QED) is 0.651. The standard InChI is InChI=1S/C20H18N2O3S/c23-19(22-13-8-15-5-2-1-3-6-15)18(16-9-11-21-12-10-16)25-20(24)17-7-4-14-26-17/h1-7,9-12,14,18H,8,13H2,(H,22,23). The zero-order valence-corrected chi connectivity index (χ0v) is 14.8. The van der Waals surface area contributed by atoms with Crippen LogP contribution in [-0.2, 0) is 16.0 Å². The molecule has 5 nitrogen and oxygen atoms in total. The van der Waals surface area contributed by atoms with Gasteiger partial charge in [0.15, 0.2) is 0 Å². The highest BCUT2D eigenvalue weighted by Crippen LogP contribution is 2.20. The molecule has 0 aliphatic heterocycles. The van der Waals surface area contributed by atoms with E-state index in [0.717, 1.165) is 5.56 Å². The van der Waals surface area contributed by atoms with Crippen molar-refractivity contribution in [3.05, 3.63) is 88.4 Å². The van der Waals surface area contributed by atoms with E-state index in [9.17, 15) is 9.59 Å². The van der Waals surface area contributed by atoms with Gasteiger partial charge in [-0.1, -0.05) is 36.4 Å². The normalized spacial score (nSPS) is 11.5. The van der Waals surface area contributed by atoms with E-state index in [4.69, 9.17) is 4.74 Å². The van der Waals surface area contributed by atoms with E-state index in [2.05, 4.69) is 10.3 Å². The molecule has 0 fully saturated rings. The molecule has 0 radical (unpaired) electrons. The number of rotatable bonds is 7. The second-order valence-electron chi connectivity index (χ2n) is 5.57. The molecule has 1 N–H and O–H groups in total. The number of nitrogens with zero attached hydrogens (tertiary/aromatic N) is 1. The van der Waals surface area contributed by atoms with Gasteiger partial charge in [0.2, 0.25) is 6.10 Å². The third-order valence-electron chi connectivity index (χ3n) is 3.75. The van der Waals surface area contributed by atoms with E-state index >= 15 is 0 Å². The molecule has 1 unspecified atom stereocenters. The minimum absolute atomic E-state index is 0.350. The van der Waals surface area contributed by atoms with Crippen molar-refractivity contribution in [2.45, 2.75) is 12.5 Å². The molecule has 0 spiro atoms. The molecular weight excluding hydrogens is 348 g/mol. The molecule has 132 valence electrons. The summed E-state index contributed by atoms with van der Waals surface area (Å²) in [5.74, 6) is -0.864. The van der Waals surface area contributed by atoms with Gasteiger partial charge in [-0.15, -0.1) is 11.3 Å². The molecule has 0 aliphatic carbocycles. The molecule has 0 saturated carbocycles. The number of carbonyl (C=O) groups excluding carboxylic acids is 2. The number of nitrogens with one attached hydrogen (secondary N) is 1. The van der Waals surface area contributed by atoms with Crippen LogP contribution in [0.5, 0.6) is 0 Å². The topological polar surface area (TPSA) is 68.3 Å². The van der Waals surface area contributed by atoms with Crippen LogP contribution in [-0.4, -0.2) is 23.4 Å². The van der Waals surface area contributed by atoms with Crippen LogP contribution in [0, 0.1) is 0 Å². The fourth-order valence-corrected chi connectivity index (χ4v) is 3.04. The lowest BCUT2D eigenvalue weighted by atomic mass is 10.1. The van der Waals surface area contributed by atoms with Crippen LogP contribution in [0.1, 0.15) is 26.9 Å². The van der Waals surface area contributed by atoms with E-state index < -0.39 is 12.1 Å². The third-order valence-corrected chi connectivity index (χ3v) is 4.60. The number of hydrogen-bond donors (Lipinski definition) is 1. The van der Waals surface area contributed by atoms with Gasteiger partial charge in [-0.05, 0) is 35.6 Å². The predicted octanol–water partition coefficient (Wildman–Crippen LogP) is 3.40. The number of esters is 1. The summed E-state index contributed by atoms with van der Waals surface area (Å²) in [6.45, 7) is 0.459. The van der Waals surface area contributed by atoms with Gasteiger partial charge in [0.05, 0.1) is 0 Å². The summed E-state index contributed by atoms with van der Waals surface area (Å²) in [6.07, 6.45) is 2.83. The first-order chi connectivity index (χ1) is 12.7. The van der Waals surface area contributed by atoms with Crippen LogP contribution in [0.3, 0.4) is 0 Å². The Bertz CT molecular complexity index is 836. The number of aromatic nitrogens is 1. The maximum Gasteiger partial charge on any atom is 0.349 e. The molecule has 0 saturated heterocycles. The first kappa shape index (κ1) is 17.8. The molecule has 2 aromatic heterocycles. The summed E-state index contributed by atoms with van der Waals surface area (Å²) in [5, 5.41) is 4.64. The minimum atomic E-state index is -1.01. The van der Waals surface area contributed by atoms with Gasteiger partial charge in [-0.25, -0.2) is 4.79 Å². The highest BCUT2D eigenvalue weighted by atomic mass is 32.1. The first-order valence-corrected chi connectivity index (χ1v) is 9.08. The monoisotopic (exact) mass is 366 g/mol. The molecule has 1 amide bonds. The first-order valence-electron chi connectivity index (χ1n) is 8.20. The average molecular weight is 366 g/mol. The van der Waals surface area contributed by atoms with E-state index in [1.54, 1.807) is 42.0 Å². The van der Waals surface area contributed by atoms with Crippen molar-refractivity contribution >= 4 is 23.2 Å². The molecule has 6 heteroatoms. The molecule has 3 aromatic rings. The number of hydrogen-bond acceptors (Lipinski definition) is 5. The van der Waals surface area contributed by atoms with Gasteiger partial charge in [-0.3, -0.25) is 9.78 Å².